The van der Waals surface area contributed by atoms with Crippen molar-refractivity contribution in [1.82, 2.24) is 15.1 Å². The fraction of sp³-hybridized carbons (Fsp3) is 0.529. The van der Waals surface area contributed by atoms with Gasteiger partial charge in [0.05, 0.1) is 33.1 Å². The lowest BCUT2D eigenvalue weighted by Crippen LogP contribution is -2.51. The Kier molecular flexibility index (Phi) is 11.0. The molecule has 0 spiro atoms. The average molecular weight is 639 g/mol. The van der Waals surface area contributed by atoms with Gasteiger partial charge in [0.15, 0.2) is 11.5 Å². The monoisotopic (exact) mass is 638 g/mol. The molecule has 3 amide bonds. The number of carbonyl (C=O) groups is 3. The van der Waals surface area contributed by atoms with E-state index in [1.807, 2.05) is 32.9 Å². The van der Waals surface area contributed by atoms with Crippen molar-refractivity contribution < 1.29 is 33.3 Å². The molecular weight excluding hydrogens is 592 g/mol. The van der Waals surface area contributed by atoms with Gasteiger partial charge < -0.3 is 39.4 Å². The summed E-state index contributed by atoms with van der Waals surface area (Å²) in [5.41, 5.74) is 2.73. The SMILES string of the molecule is COc1cc2c(c(OC)c1OC)-c1ccc(NCCCC(=O)N3CCN(C(=O)OC(C)(C)C)CC3)c(=O)cc1C(NC(C)=O)CC2. The summed E-state index contributed by atoms with van der Waals surface area (Å²) in [5, 5.41) is 6.22. The fourth-order valence-electron chi connectivity index (χ4n) is 5.94. The Labute approximate surface area is 270 Å². The van der Waals surface area contributed by atoms with E-state index in [2.05, 4.69) is 10.6 Å². The maximum atomic E-state index is 13.5. The van der Waals surface area contributed by atoms with Crippen molar-refractivity contribution in [3.8, 4) is 28.4 Å². The highest BCUT2D eigenvalue weighted by molar-refractivity contribution is 5.84. The number of methoxy groups -OCH3 is 3. The zero-order valence-corrected chi connectivity index (χ0v) is 27.9. The van der Waals surface area contributed by atoms with Gasteiger partial charge in [0.25, 0.3) is 0 Å². The fourth-order valence-corrected chi connectivity index (χ4v) is 5.94. The minimum Gasteiger partial charge on any atom is -0.493 e. The lowest BCUT2D eigenvalue weighted by atomic mass is 9.95. The molecule has 0 saturated carbocycles. The third kappa shape index (κ3) is 8.02. The van der Waals surface area contributed by atoms with Crippen molar-refractivity contribution >= 4 is 23.6 Å². The molecule has 1 atom stereocenters. The number of aryl methyl sites for hydroxylation is 1. The summed E-state index contributed by atoms with van der Waals surface area (Å²) in [6.45, 7) is 9.10. The zero-order valence-electron chi connectivity index (χ0n) is 27.9. The molecule has 0 radical (unpaired) electrons. The molecule has 1 unspecified atom stereocenters. The van der Waals surface area contributed by atoms with E-state index in [-0.39, 0.29) is 23.3 Å². The van der Waals surface area contributed by atoms with Gasteiger partial charge in [-0.25, -0.2) is 4.79 Å². The van der Waals surface area contributed by atoms with Gasteiger partial charge in [-0.3, -0.25) is 14.4 Å². The first-order valence-corrected chi connectivity index (χ1v) is 15.6. The van der Waals surface area contributed by atoms with Crippen molar-refractivity contribution in [2.24, 2.45) is 0 Å². The first-order chi connectivity index (χ1) is 21.9. The van der Waals surface area contributed by atoms with E-state index in [1.165, 1.54) is 6.92 Å². The molecule has 1 heterocycles. The number of benzene rings is 1. The molecule has 4 rings (SSSR count). The van der Waals surface area contributed by atoms with Crippen LogP contribution in [-0.2, 0) is 20.7 Å². The van der Waals surface area contributed by atoms with Gasteiger partial charge in [0.2, 0.25) is 23.0 Å². The number of anilines is 1. The summed E-state index contributed by atoms with van der Waals surface area (Å²) in [6.07, 6.45) is 1.64. The number of piperazine rings is 1. The maximum absolute atomic E-state index is 13.5. The molecule has 2 aromatic rings. The van der Waals surface area contributed by atoms with Gasteiger partial charge in [-0.05, 0) is 74.9 Å². The molecule has 0 aromatic heterocycles. The maximum Gasteiger partial charge on any atom is 0.410 e. The largest absolute Gasteiger partial charge is 0.493 e. The first-order valence-electron chi connectivity index (χ1n) is 15.6. The van der Waals surface area contributed by atoms with E-state index in [1.54, 1.807) is 43.3 Å². The van der Waals surface area contributed by atoms with Crippen LogP contribution in [0.5, 0.6) is 17.2 Å². The van der Waals surface area contributed by atoms with Crippen LogP contribution in [-0.4, -0.2) is 87.4 Å². The number of rotatable bonds is 9. The number of hydrogen-bond acceptors (Lipinski definition) is 9. The van der Waals surface area contributed by atoms with E-state index >= 15 is 0 Å². The molecule has 250 valence electrons. The van der Waals surface area contributed by atoms with E-state index in [0.29, 0.717) is 86.9 Å². The normalized spacial score (nSPS) is 15.9. The highest BCUT2D eigenvalue weighted by Gasteiger charge is 2.30. The highest BCUT2D eigenvalue weighted by atomic mass is 16.6. The van der Waals surface area contributed by atoms with Crippen molar-refractivity contribution in [2.45, 2.75) is 65.0 Å². The summed E-state index contributed by atoms with van der Waals surface area (Å²) in [6, 6.07) is 6.67. The van der Waals surface area contributed by atoms with Gasteiger partial charge in [0.1, 0.15) is 5.60 Å². The van der Waals surface area contributed by atoms with Crippen molar-refractivity contribution in [3.63, 3.8) is 0 Å². The molecule has 2 N–H and O–H groups in total. The Morgan fingerprint density at radius 3 is 2.22 bits per heavy atom. The molecule has 12 nitrogen and oxygen atoms in total. The van der Waals surface area contributed by atoms with E-state index in [0.717, 1.165) is 16.7 Å². The second kappa shape index (κ2) is 14.7. The van der Waals surface area contributed by atoms with Crippen molar-refractivity contribution in [1.29, 1.82) is 0 Å². The quantitative estimate of drug-likeness (QED) is 0.389. The summed E-state index contributed by atoms with van der Waals surface area (Å²) in [4.78, 5) is 54.3. The Balaban J connectivity index is 1.49. The molecule has 1 fully saturated rings. The number of ether oxygens (including phenoxy) is 4. The van der Waals surface area contributed by atoms with Crippen LogP contribution < -0.4 is 30.3 Å². The predicted molar refractivity (Wildman–Crippen MR) is 175 cm³/mol. The summed E-state index contributed by atoms with van der Waals surface area (Å²) in [7, 11) is 4.67. The second-order valence-electron chi connectivity index (χ2n) is 12.5. The number of nitrogens with zero attached hydrogens (tertiary/aromatic N) is 2. The lowest BCUT2D eigenvalue weighted by Gasteiger charge is -2.35. The molecule has 0 bridgehead atoms. The van der Waals surface area contributed by atoms with Gasteiger partial charge >= 0.3 is 6.09 Å². The molecule has 2 aliphatic rings. The topological polar surface area (TPSA) is 136 Å². The summed E-state index contributed by atoms with van der Waals surface area (Å²) < 4.78 is 22.5. The van der Waals surface area contributed by atoms with Crippen LogP contribution in [0.25, 0.3) is 11.1 Å². The van der Waals surface area contributed by atoms with Crippen molar-refractivity contribution in [2.75, 3.05) is 59.4 Å². The molecule has 12 heteroatoms. The Morgan fingerprint density at radius 1 is 0.935 bits per heavy atom. The van der Waals surface area contributed by atoms with Crippen LogP contribution in [0.1, 0.15) is 64.1 Å². The predicted octanol–water partition coefficient (Wildman–Crippen LogP) is 4.13. The van der Waals surface area contributed by atoms with Crippen LogP contribution >= 0.6 is 0 Å². The highest BCUT2D eigenvalue weighted by Crippen LogP contribution is 2.50. The van der Waals surface area contributed by atoms with Crippen LogP contribution in [0.4, 0.5) is 10.5 Å². The summed E-state index contributed by atoms with van der Waals surface area (Å²) >= 11 is 0. The second-order valence-corrected chi connectivity index (χ2v) is 12.5. The standard InChI is InChI=1S/C34H46N4O8/c1-21(39)36-25-12-10-22-19-28(43-5)31(44-6)32(45-7)30(22)23-11-13-26(27(40)20-24(23)25)35-14-8-9-29(41)37-15-17-38(18-16-37)33(42)46-34(2,3)4/h11,13,19-20,25H,8-10,12,14-18H2,1-7H3,(H,35,40)(H,36,39). The Bertz CT molecular complexity index is 1510. The summed E-state index contributed by atoms with van der Waals surface area (Å²) in [5.74, 6) is 1.27. The third-order valence-corrected chi connectivity index (χ3v) is 8.08. The lowest BCUT2D eigenvalue weighted by molar-refractivity contribution is -0.133. The molecule has 1 aliphatic carbocycles. The smallest absolute Gasteiger partial charge is 0.410 e. The number of nitrogens with one attached hydrogen (secondary N) is 2. The number of carbonyl (C=O) groups excluding carboxylic acids is 3. The Morgan fingerprint density at radius 2 is 1.61 bits per heavy atom. The van der Waals surface area contributed by atoms with Crippen LogP contribution in [0.15, 0.2) is 29.1 Å². The minimum atomic E-state index is -0.568. The van der Waals surface area contributed by atoms with E-state index in [9.17, 15) is 19.2 Å². The number of fused-ring (bicyclic) bond motifs is 3. The third-order valence-electron chi connectivity index (χ3n) is 8.08. The first kappa shape index (κ1) is 34.4. The van der Waals surface area contributed by atoms with Gasteiger partial charge in [-0.1, -0.05) is 6.07 Å². The van der Waals surface area contributed by atoms with Crippen LogP contribution in [0, 0.1) is 0 Å². The van der Waals surface area contributed by atoms with Gasteiger partial charge in [-0.15, -0.1) is 0 Å². The molecule has 1 aliphatic heterocycles. The average Bonchev–Trinajstić information content (AvgIpc) is 3.25. The number of hydrogen-bond donors (Lipinski definition) is 2. The van der Waals surface area contributed by atoms with Crippen LogP contribution in [0.3, 0.4) is 0 Å². The minimum absolute atomic E-state index is 0.00421. The molecule has 46 heavy (non-hydrogen) atoms. The van der Waals surface area contributed by atoms with Gasteiger partial charge in [0, 0.05) is 51.6 Å². The number of amides is 3. The van der Waals surface area contributed by atoms with Gasteiger partial charge in [-0.2, -0.15) is 0 Å². The zero-order chi connectivity index (χ0) is 33.6. The molecule has 1 saturated heterocycles. The molecular formula is C34H46N4O8. The van der Waals surface area contributed by atoms with Crippen molar-refractivity contribution in [3.05, 3.63) is 45.6 Å². The molecule has 2 aromatic carbocycles. The Hall–Kier alpha value is -4.48. The van der Waals surface area contributed by atoms with Crippen LogP contribution in [0.2, 0.25) is 0 Å². The van der Waals surface area contributed by atoms with E-state index in [4.69, 9.17) is 18.9 Å². The van der Waals surface area contributed by atoms with E-state index < -0.39 is 11.6 Å².